The fourth-order valence-electron chi connectivity index (χ4n) is 3.19. The highest BCUT2D eigenvalue weighted by Crippen LogP contribution is 2.20. The molecule has 9 nitrogen and oxygen atoms in total. The van der Waals surface area contributed by atoms with Gasteiger partial charge in [0.2, 0.25) is 5.91 Å². The molecule has 0 N–H and O–H groups in total. The van der Waals surface area contributed by atoms with Crippen molar-refractivity contribution in [3.63, 3.8) is 0 Å². The maximum Gasteiger partial charge on any atom is 0.252 e. The minimum Gasteiger partial charge on any atom is -0.348 e. The fraction of sp³-hybridized carbons (Fsp3) is 0.500. The first kappa shape index (κ1) is 19.0. The predicted molar refractivity (Wildman–Crippen MR) is 98.7 cm³/mol. The number of nitrogens with zero attached hydrogens (tertiary/aromatic N) is 7. The van der Waals surface area contributed by atoms with E-state index >= 15 is 0 Å². The van der Waals surface area contributed by atoms with Crippen molar-refractivity contribution in [3.8, 4) is 0 Å². The van der Waals surface area contributed by atoms with Crippen molar-refractivity contribution >= 4 is 11.8 Å². The Kier molecular flexibility index (Phi) is 6.12. The summed E-state index contributed by atoms with van der Waals surface area (Å²) in [5.74, 6) is 0.0416. The Hall–Kier alpha value is -2.81. The Labute approximate surface area is 158 Å². The molecule has 1 aliphatic rings. The van der Waals surface area contributed by atoms with Crippen LogP contribution in [-0.2, 0) is 9.59 Å². The molecule has 9 heteroatoms. The molecule has 0 aliphatic carbocycles. The van der Waals surface area contributed by atoms with Crippen LogP contribution in [0.4, 0.5) is 0 Å². The highest BCUT2D eigenvalue weighted by molar-refractivity contribution is 5.83. The molecule has 3 rings (SSSR count). The molecular weight excluding hydrogens is 346 g/mol. The van der Waals surface area contributed by atoms with Crippen molar-refractivity contribution in [1.29, 1.82) is 0 Å². The molecule has 2 aromatic rings. The third-order valence-corrected chi connectivity index (χ3v) is 4.74. The quantitative estimate of drug-likeness (QED) is 0.729. The number of carbonyl (C=O) groups excluding carboxylic acids is 2. The second-order valence-electron chi connectivity index (χ2n) is 6.85. The predicted octanol–water partition coefficient (Wildman–Crippen LogP) is -0.115. The van der Waals surface area contributed by atoms with Crippen molar-refractivity contribution < 1.29 is 9.59 Å². The van der Waals surface area contributed by atoms with Crippen LogP contribution in [0.5, 0.6) is 0 Å². The summed E-state index contributed by atoms with van der Waals surface area (Å²) in [6.07, 6.45) is 2.29. The molecule has 144 valence electrons. The average Bonchev–Trinajstić information content (AvgIpc) is 3.08. The van der Waals surface area contributed by atoms with Gasteiger partial charge in [-0.2, -0.15) is 0 Å². The summed E-state index contributed by atoms with van der Waals surface area (Å²) in [7, 11) is 3.51. The summed E-state index contributed by atoms with van der Waals surface area (Å²) in [6, 6.07) is 8.94. The van der Waals surface area contributed by atoms with Crippen LogP contribution in [-0.4, -0.2) is 93.5 Å². The zero-order chi connectivity index (χ0) is 19.2. The van der Waals surface area contributed by atoms with Crippen LogP contribution in [0.2, 0.25) is 0 Å². The minimum absolute atomic E-state index is 0.0331. The highest BCUT2D eigenvalue weighted by Gasteiger charge is 2.30. The smallest absolute Gasteiger partial charge is 0.252 e. The lowest BCUT2D eigenvalue weighted by Gasteiger charge is -2.26. The van der Waals surface area contributed by atoms with Gasteiger partial charge in [0, 0.05) is 40.3 Å². The summed E-state index contributed by atoms with van der Waals surface area (Å²) in [5.41, 5.74) is 0.846. The SMILES string of the molecule is CN(C)C(=O)CN1CCCN(C(=O)[C@H](c2ccccc2)n2cnnn2)CC1. The van der Waals surface area contributed by atoms with Gasteiger partial charge in [0.15, 0.2) is 6.04 Å². The van der Waals surface area contributed by atoms with Crippen LogP contribution in [0.25, 0.3) is 0 Å². The molecule has 27 heavy (non-hydrogen) atoms. The molecule has 0 unspecified atom stereocenters. The van der Waals surface area contributed by atoms with Crippen molar-refractivity contribution in [1.82, 2.24) is 34.9 Å². The van der Waals surface area contributed by atoms with E-state index < -0.39 is 6.04 Å². The Bertz CT molecular complexity index is 748. The van der Waals surface area contributed by atoms with Gasteiger partial charge in [0.25, 0.3) is 5.91 Å². The van der Waals surface area contributed by atoms with Gasteiger partial charge < -0.3 is 9.80 Å². The Morgan fingerprint density at radius 3 is 2.56 bits per heavy atom. The van der Waals surface area contributed by atoms with E-state index in [0.717, 1.165) is 18.5 Å². The minimum atomic E-state index is -0.587. The van der Waals surface area contributed by atoms with Gasteiger partial charge in [-0.15, -0.1) is 5.10 Å². The van der Waals surface area contributed by atoms with Crippen molar-refractivity contribution in [2.45, 2.75) is 12.5 Å². The lowest BCUT2D eigenvalue weighted by Crippen LogP contribution is -2.42. The molecule has 1 atom stereocenters. The zero-order valence-corrected chi connectivity index (χ0v) is 15.7. The molecule has 0 spiro atoms. The number of hydrogen-bond acceptors (Lipinski definition) is 6. The van der Waals surface area contributed by atoms with Gasteiger partial charge in [-0.05, 0) is 22.4 Å². The Morgan fingerprint density at radius 1 is 1.11 bits per heavy atom. The topological polar surface area (TPSA) is 87.5 Å². The third kappa shape index (κ3) is 4.68. The van der Waals surface area contributed by atoms with E-state index in [1.54, 1.807) is 19.0 Å². The molecule has 1 aliphatic heterocycles. The van der Waals surface area contributed by atoms with Gasteiger partial charge in [0.05, 0.1) is 6.54 Å². The Morgan fingerprint density at radius 2 is 1.89 bits per heavy atom. The molecule has 0 radical (unpaired) electrons. The first-order chi connectivity index (χ1) is 13.1. The summed E-state index contributed by atoms with van der Waals surface area (Å²) in [6.45, 7) is 3.07. The number of amides is 2. The first-order valence-corrected chi connectivity index (χ1v) is 9.05. The van der Waals surface area contributed by atoms with E-state index in [4.69, 9.17) is 0 Å². The number of benzene rings is 1. The number of hydrogen-bond donors (Lipinski definition) is 0. The monoisotopic (exact) mass is 371 g/mol. The number of carbonyl (C=O) groups is 2. The van der Waals surface area contributed by atoms with Gasteiger partial charge in [-0.1, -0.05) is 30.3 Å². The van der Waals surface area contributed by atoms with Crippen LogP contribution < -0.4 is 0 Å². The third-order valence-electron chi connectivity index (χ3n) is 4.74. The van der Waals surface area contributed by atoms with Crippen molar-refractivity contribution in [3.05, 3.63) is 42.2 Å². The summed E-state index contributed by atoms with van der Waals surface area (Å²) in [4.78, 5) is 30.8. The van der Waals surface area contributed by atoms with Crippen molar-refractivity contribution in [2.24, 2.45) is 0 Å². The van der Waals surface area contributed by atoms with E-state index in [-0.39, 0.29) is 11.8 Å². The van der Waals surface area contributed by atoms with E-state index in [2.05, 4.69) is 20.4 Å². The lowest BCUT2D eigenvalue weighted by molar-refractivity contribution is -0.133. The van der Waals surface area contributed by atoms with Gasteiger partial charge in [-0.25, -0.2) is 4.68 Å². The number of aromatic nitrogens is 4. The number of rotatable bonds is 5. The van der Waals surface area contributed by atoms with E-state index in [1.807, 2.05) is 35.2 Å². The summed E-state index contributed by atoms with van der Waals surface area (Å²) < 4.78 is 1.50. The maximum atomic E-state index is 13.3. The van der Waals surface area contributed by atoms with E-state index in [1.165, 1.54) is 11.0 Å². The molecule has 0 saturated carbocycles. The molecule has 0 bridgehead atoms. The molecule has 1 saturated heterocycles. The van der Waals surface area contributed by atoms with E-state index in [0.29, 0.717) is 26.2 Å². The van der Waals surface area contributed by atoms with Gasteiger partial charge in [0.1, 0.15) is 6.33 Å². The van der Waals surface area contributed by atoms with Gasteiger partial charge >= 0.3 is 0 Å². The number of likely N-dealkylation sites (N-methyl/N-ethyl adjacent to an activating group) is 1. The second-order valence-corrected chi connectivity index (χ2v) is 6.85. The van der Waals surface area contributed by atoms with Crippen LogP contribution in [0.1, 0.15) is 18.0 Å². The molecule has 1 fully saturated rings. The van der Waals surface area contributed by atoms with Crippen molar-refractivity contribution in [2.75, 3.05) is 46.8 Å². The molecular formula is C18H25N7O2. The zero-order valence-electron chi connectivity index (χ0n) is 15.7. The van der Waals surface area contributed by atoms with Crippen LogP contribution in [0.15, 0.2) is 36.7 Å². The normalized spacial score (nSPS) is 16.6. The fourth-order valence-corrected chi connectivity index (χ4v) is 3.19. The Balaban J connectivity index is 1.72. The maximum absolute atomic E-state index is 13.3. The molecule has 2 amide bonds. The standard InChI is InChI=1S/C18H25N7O2/c1-22(2)16(26)13-23-9-6-10-24(12-11-23)18(27)17(25-14-19-20-21-25)15-7-4-3-5-8-15/h3-5,7-8,14,17H,6,9-13H2,1-2H3/t17-/m0/s1. The highest BCUT2D eigenvalue weighted by atomic mass is 16.2. The molecule has 1 aromatic carbocycles. The average molecular weight is 371 g/mol. The molecule has 1 aromatic heterocycles. The number of tetrazole rings is 1. The van der Waals surface area contributed by atoms with Crippen LogP contribution in [0, 0.1) is 0 Å². The first-order valence-electron chi connectivity index (χ1n) is 9.05. The van der Waals surface area contributed by atoms with E-state index in [9.17, 15) is 9.59 Å². The van der Waals surface area contributed by atoms with Gasteiger partial charge in [-0.3, -0.25) is 14.5 Å². The summed E-state index contributed by atoms with van der Waals surface area (Å²) >= 11 is 0. The van der Waals surface area contributed by atoms with Crippen LogP contribution >= 0.6 is 0 Å². The largest absolute Gasteiger partial charge is 0.348 e. The molecule has 2 heterocycles. The van der Waals surface area contributed by atoms with Crippen LogP contribution in [0.3, 0.4) is 0 Å². The lowest BCUT2D eigenvalue weighted by atomic mass is 10.1. The second kappa shape index (κ2) is 8.72. The summed E-state index contributed by atoms with van der Waals surface area (Å²) in [5, 5.41) is 11.3.